The first-order valence-electron chi connectivity index (χ1n) is 7.44. The number of hydrogen-bond donors (Lipinski definition) is 0. The Balaban J connectivity index is 2.49. The molecular formula is C16H26ClNO2. The van der Waals surface area contributed by atoms with E-state index in [0.717, 1.165) is 49.6 Å². The second-order valence-corrected chi connectivity index (χ2v) is 5.24. The van der Waals surface area contributed by atoms with Crippen molar-refractivity contribution in [2.45, 2.75) is 39.5 Å². The normalized spacial score (nSPS) is 10.8. The molecule has 0 saturated carbocycles. The highest BCUT2D eigenvalue weighted by Gasteiger charge is 2.07. The lowest BCUT2D eigenvalue weighted by atomic mass is 10.3. The molecule has 0 aliphatic carbocycles. The van der Waals surface area contributed by atoms with Crippen molar-refractivity contribution >= 4 is 17.3 Å². The van der Waals surface area contributed by atoms with Crippen LogP contribution in [0.3, 0.4) is 0 Å². The van der Waals surface area contributed by atoms with Crippen LogP contribution in [0.25, 0.3) is 0 Å². The standard InChI is InChI=1S/C16H26ClNO2/c1-3-5-10-19-13-18(14-20-11-6-4-2)16-9-7-8-15(17)12-16/h7-9,12H,3-6,10-11,13-14H2,1-2H3. The fourth-order valence-electron chi connectivity index (χ4n) is 1.70. The van der Waals surface area contributed by atoms with E-state index in [1.54, 1.807) is 0 Å². The fraction of sp³-hybridized carbons (Fsp3) is 0.625. The lowest BCUT2D eigenvalue weighted by molar-refractivity contribution is 0.0825. The van der Waals surface area contributed by atoms with Crippen LogP contribution in [0.15, 0.2) is 24.3 Å². The Kier molecular flexibility index (Phi) is 9.46. The predicted octanol–water partition coefficient (Wildman–Crippen LogP) is 4.69. The van der Waals surface area contributed by atoms with Gasteiger partial charge in [0.15, 0.2) is 0 Å². The third-order valence-electron chi connectivity index (χ3n) is 2.95. The average Bonchev–Trinajstić information content (AvgIpc) is 2.45. The van der Waals surface area contributed by atoms with Crippen LogP contribution < -0.4 is 4.90 Å². The van der Waals surface area contributed by atoms with Gasteiger partial charge >= 0.3 is 0 Å². The summed E-state index contributed by atoms with van der Waals surface area (Å²) in [5.74, 6) is 0. The van der Waals surface area contributed by atoms with Crippen LogP contribution in [-0.4, -0.2) is 26.7 Å². The molecule has 3 nitrogen and oxygen atoms in total. The van der Waals surface area contributed by atoms with Crippen LogP contribution in [0.1, 0.15) is 39.5 Å². The molecule has 0 bridgehead atoms. The summed E-state index contributed by atoms with van der Waals surface area (Å²) < 4.78 is 11.4. The molecule has 4 heteroatoms. The highest BCUT2D eigenvalue weighted by Crippen LogP contribution is 2.19. The Morgan fingerprint density at radius 3 is 2.10 bits per heavy atom. The predicted molar refractivity (Wildman–Crippen MR) is 85.4 cm³/mol. The van der Waals surface area contributed by atoms with Crippen molar-refractivity contribution in [1.29, 1.82) is 0 Å². The van der Waals surface area contributed by atoms with E-state index in [9.17, 15) is 0 Å². The van der Waals surface area contributed by atoms with Gasteiger partial charge in [-0.25, -0.2) is 0 Å². The van der Waals surface area contributed by atoms with Crippen LogP contribution in [0, 0.1) is 0 Å². The number of benzene rings is 1. The minimum absolute atomic E-state index is 0.534. The minimum atomic E-state index is 0.534. The van der Waals surface area contributed by atoms with Crippen molar-refractivity contribution in [3.8, 4) is 0 Å². The van der Waals surface area contributed by atoms with Gasteiger partial charge in [-0.15, -0.1) is 0 Å². The zero-order chi connectivity index (χ0) is 14.6. The monoisotopic (exact) mass is 299 g/mol. The van der Waals surface area contributed by atoms with E-state index in [2.05, 4.69) is 18.7 Å². The summed E-state index contributed by atoms with van der Waals surface area (Å²) in [5, 5.41) is 0.731. The van der Waals surface area contributed by atoms with Crippen LogP contribution in [0.4, 0.5) is 5.69 Å². The SMILES string of the molecule is CCCCOCN(COCCCC)c1cccc(Cl)c1. The topological polar surface area (TPSA) is 21.7 Å². The highest BCUT2D eigenvalue weighted by molar-refractivity contribution is 6.30. The van der Waals surface area contributed by atoms with Crippen LogP contribution in [0.2, 0.25) is 5.02 Å². The molecule has 0 radical (unpaired) electrons. The molecule has 0 unspecified atom stereocenters. The van der Waals surface area contributed by atoms with E-state index in [0.29, 0.717) is 13.5 Å². The van der Waals surface area contributed by atoms with Crippen LogP contribution in [-0.2, 0) is 9.47 Å². The molecule has 0 atom stereocenters. The first kappa shape index (κ1) is 17.3. The Bertz CT molecular complexity index is 348. The average molecular weight is 300 g/mol. The van der Waals surface area contributed by atoms with Crippen molar-refractivity contribution < 1.29 is 9.47 Å². The molecule has 0 aliphatic heterocycles. The Labute approximate surface area is 127 Å². The van der Waals surface area contributed by atoms with Gasteiger partial charge in [-0.2, -0.15) is 0 Å². The van der Waals surface area contributed by atoms with Crippen molar-refractivity contribution in [2.75, 3.05) is 31.6 Å². The molecule has 0 amide bonds. The summed E-state index contributed by atoms with van der Waals surface area (Å²) in [4.78, 5) is 2.07. The molecule has 0 fully saturated rings. The first-order chi connectivity index (χ1) is 9.77. The van der Waals surface area contributed by atoms with Gasteiger partial charge in [0.05, 0.1) is 0 Å². The number of unbranched alkanes of at least 4 members (excludes halogenated alkanes) is 2. The molecule has 0 spiro atoms. The molecule has 0 saturated heterocycles. The van der Waals surface area contributed by atoms with Crippen molar-refractivity contribution in [1.82, 2.24) is 0 Å². The van der Waals surface area contributed by atoms with Gasteiger partial charge in [-0.1, -0.05) is 44.4 Å². The van der Waals surface area contributed by atoms with E-state index < -0.39 is 0 Å². The van der Waals surface area contributed by atoms with Gasteiger partial charge in [-0.3, -0.25) is 0 Å². The van der Waals surface area contributed by atoms with Crippen LogP contribution in [0.5, 0.6) is 0 Å². The van der Waals surface area contributed by atoms with E-state index >= 15 is 0 Å². The maximum atomic E-state index is 6.05. The number of rotatable bonds is 11. The third kappa shape index (κ3) is 7.13. The number of halogens is 1. The molecule has 1 aromatic rings. The quantitative estimate of drug-likeness (QED) is 0.437. The molecule has 114 valence electrons. The Morgan fingerprint density at radius 1 is 1.00 bits per heavy atom. The van der Waals surface area contributed by atoms with Gasteiger partial charge in [0, 0.05) is 23.9 Å². The largest absolute Gasteiger partial charge is 0.361 e. The van der Waals surface area contributed by atoms with Crippen molar-refractivity contribution in [3.63, 3.8) is 0 Å². The molecule has 0 aromatic heterocycles. The summed E-state index contributed by atoms with van der Waals surface area (Å²) in [6.45, 7) is 6.95. The lowest BCUT2D eigenvalue weighted by Gasteiger charge is -2.24. The molecule has 20 heavy (non-hydrogen) atoms. The minimum Gasteiger partial charge on any atom is -0.361 e. The molecule has 0 aliphatic rings. The third-order valence-corrected chi connectivity index (χ3v) is 3.19. The smallest absolute Gasteiger partial charge is 0.120 e. The van der Waals surface area contributed by atoms with E-state index in [-0.39, 0.29) is 0 Å². The van der Waals surface area contributed by atoms with E-state index in [1.165, 1.54) is 0 Å². The highest BCUT2D eigenvalue weighted by atomic mass is 35.5. The van der Waals surface area contributed by atoms with E-state index in [1.807, 2.05) is 24.3 Å². The first-order valence-corrected chi connectivity index (χ1v) is 7.81. The second kappa shape index (κ2) is 11.0. The van der Waals surface area contributed by atoms with Gasteiger partial charge in [-0.05, 0) is 31.0 Å². The number of nitrogens with zero attached hydrogens (tertiary/aromatic N) is 1. The van der Waals surface area contributed by atoms with Gasteiger partial charge in [0.25, 0.3) is 0 Å². The summed E-state index contributed by atoms with van der Waals surface area (Å²) >= 11 is 6.05. The van der Waals surface area contributed by atoms with Gasteiger partial charge in [0.2, 0.25) is 0 Å². The molecule has 1 aromatic carbocycles. The van der Waals surface area contributed by atoms with Crippen molar-refractivity contribution in [2.24, 2.45) is 0 Å². The molecule has 0 heterocycles. The van der Waals surface area contributed by atoms with Gasteiger partial charge < -0.3 is 14.4 Å². The number of anilines is 1. The Morgan fingerprint density at radius 2 is 1.60 bits per heavy atom. The zero-order valence-corrected chi connectivity index (χ0v) is 13.4. The summed E-state index contributed by atoms with van der Waals surface area (Å²) in [7, 11) is 0. The lowest BCUT2D eigenvalue weighted by Crippen LogP contribution is -2.29. The second-order valence-electron chi connectivity index (χ2n) is 4.80. The number of ether oxygens (including phenoxy) is 2. The van der Waals surface area contributed by atoms with Crippen molar-refractivity contribution in [3.05, 3.63) is 29.3 Å². The van der Waals surface area contributed by atoms with E-state index in [4.69, 9.17) is 21.1 Å². The molecule has 1 rings (SSSR count). The number of hydrogen-bond acceptors (Lipinski definition) is 3. The fourth-order valence-corrected chi connectivity index (χ4v) is 1.89. The maximum absolute atomic E-state index is 6.05. The molecular weight excluding hydrogens is 274 g/mol. The summed E-state index contributed by atoms with van der Waals surface area (Å²) in [6, 6.07) is 7.79. The molecule has 0 N–H and O–H groups in total. The van der Waals surface area contributed by atoms with Gasteiger partial charge in [0.1, 0.15) is 13.5 Å². The Hall–Kier alpha value is -0.770. The zero-order valence-electron chi connectivity index (χ0n) is 12.6. The van der Waals surface area contributed by atoms with Crippen LogP contribution >= 0.6 is 11.6 Å². The maximum Gasteiger partial charge on any atom is 0.120 e. The summed E-state index contributed by atoms with van der Waals surface area (Å²) in [6.07, 6.45) is 4.45. The summed E-state index contributed by atoms with van der Waals surface area (Å²) in [5.41, 5.74) is 1.03.